The summed E-state index contributed by atoms with van der Waals surface area (Å²) in [6.45, 7) is 4.92. The van der Waals surface area contributed by atoms with Crippen LogP contribution in [0, 0.1) is 0 Å². The molecule has 1 aromatic heterocycles. The Morgan fingerprint density at radius 3 is 2.26 bits per heavy atom. The highest BCUT2D eigenvalue weighted by molar-refractivity contribution is 5.96. The van der Waals surface area contributed by atoms with Crippen molar-refractivity contribution in [2.24, 2.45) is 0 Å². The van der Waals surface area contributed by atoms with E-state index in [1.807, 2.05) is 36.4 Å². The van der Waals surface area contributed by atoms with Crippen molar-refractivity contribution in [3.8, 4) is 11.1 Å². The SMILES string of the molecule is CC[C@@H](NC(=O)OCC1c2ccccc2-c2ccccc21)C(=O)Nc1cnn(C(C)(C)C(=O)O)c1. The van der Waals surface area contributed by atoms with Gasteiger partial charge in [0.05, 0.1) is 11.9 Å². The number of fused-ring (bicyclic) bond motifs is 3. The van der Waals surface area contributed by atoms with Crippen molar-refractivity contribution in [1.82, 2.24) is 15.1 Å². The number of carbonyl (C=O) groups excluding carboxylic acids is 2. The lowest BCUT2D eigenvalue weighted by molar-refractivity contribution is -0.146. The molecule has 35 heavy (non-hydrogen) atoms. The van der Waals surface area contributed by atoms with Gasteiger partial charge >= 0.3 is 12.1 Å². The minimum atomic E-state index is -1.27. The highest BCUT2D eigenvalue weighted by atomic mass is 16.5. The Hall–Kier alpha value is -4.14. The molecule has 1 aliphatic rings. The third kappa shape index (κ3) is 4.75. The van der Waals surface area contributed by atoms with Crippen LogP contribution >= 0.6 is 0 Å². The van der Waals surface area contributed by atoms with E-state index >= 15 is 0 Å². The Morgan fingerprint density at radius 1 is 1.09 bits per heavy atom. The van der Waals surface area contributed by atoms with Crippen LogP contribution in [0.3, 0.4) is 0 Å². The summed E-state index contributed by atoms with van der Waals surface area (Å²) in [4.78, 5) is 36.7. The van der Waals surface area contributed by atoms with Crippen molar-refractivity contribution in [3.05, 3.63) is 72.1 Å². The fourth-order valence-electron chi connectivity index (χ4n) is 4.16. The molecule has 1 heterocycles. The van der Waals surface area contributed by atoms with E-state index in [4.69, 9.17) is 4.74 Å². The number of anilines is 1. The molecule has 2 aromatic carbocycles. The first-order valence-corrected chi connectivity index (χ1v) is 11.4. The van der Waals surface area contributed by atoms with Crippen LogP contribution in [0.2, 0.25) is 0 Å². The van der Waals surface area contributed by atoms with Gasteiger partial charge in [-0.1, -0.05) is 55.5 Å². The average molecular weight is 477 g/mol. The molecular formula is C26H28N4O5. The molecule has 0 spiro atoms. The number of hydrogen-bond donors (Lipinski definition) is 3. The maximum absolute atomic E-state index is 12.7. The molecule has 3 aromatic rings. The van der Waals surface area contributed by atoms with Gasteiger partial charge < -0.3 is 20.5 Å². The first-order chi connectivity index (χ1) is 16.7. The van der Waals surface area contributed by atoms with Crippen LogP contribution < -0.4 is 10.6 Å². The molecule has 9 nitrogen and oxygen atoms in total. The van der Waals surface area contributed by atoms with E-state index in [2.05, 4.69) is 27.9 Å². The molecule has 4 rings (SSSR count). The number of amides is 2. The Balaban J connectivity index is 1.37. The van der Waals surface area contributed by atoms with Gasteiger partial charge in [-0.2, -0.15) is 5.10 Å². The maximum atomic E-state index is 12.7. The summed E-state index contributed by atoms with van der Waals surface area (Å²) in [5.41, 5.74) is 3.54. The zero-order valence-electron chi connectivity index (χ0n) is 19.8. The standard InChI is InChI=1S/C26H28N4O5/c1-4-22(23(31)28-16-13-27-30(14-16)26(2,3)24(32)33)29-25(34)35-15-21-19-11-7-5-9-17(19)18-10-6-8-12-20(18)21/h5-14,21-22H,4,15H2,1-3H3,(H,28,31)(H,29,34)(H,32,33)/t22-/m1/s1. The Labute approximate surface area is 203 Å². The van der Waals surface area contributed by atoms with Crippen molar-refractivity contribution in [3.63, 3.8) is 0 Å². The third-order valence-corrected chi connectivity index (χ3v) is 6.31. The summed E-state index contributed by atoms with van der Waals surface area (Å²) in [6.07, 6.45) is 2.45. The second-order valence-corrected chi connectivity index (χ2v) is 8.96. The Kier molecular flexibility index (Phi) is 6.59. The lowest BCUT2D eigenvalue weighted by Gasteiger charge is -2.19. The second-order valence-electron chi connectivity index (χ2n) is 8.96. The minimum absolute atomic E-state index is 0.0783. The van der Waals surface area contributed by atoms with Crippen molar-refractivity contribution < 1.29 is 24.2 Å². The van der Waals surface area contributed by atoms with E-state index in [9.17, 15) is 19.5 Å². The van der Waals surface area contributed by atoms with Crippen molar-refractivity contribution in [2.75, 3.05) is 11.9 Å². The van der Waals surface area contributed by atoms with Gasteiger partial charge in [0.1, 0.15) is 12.6 Å². The largest absolute Gasteiger partial charge is 0.479 e. The van der Waals surface area contributed by atoms with Gasteiger partial charge in [0.25, 0.3) is 0 Å². The van der Waals surface area contributed by atoms with E-state index in [1.54, 1.807) is 6.92 Å². The highest BCUT2D eigenvalue weighted by Crippen LogP contribution is 2.44. The number of benzene rings is 2. The fourth-order valence-corrected chi connectivity index (χ4v) is 4.16. The van der Waals surface area contributed by atoms with E-state index in [0.717, 1.165) is 22.3 Å². The number of carboxylic acids is 1. The number of rotatable bonds is 8. The predicted octanol–water partition coefficient (Wildman–Crippen LogP) is 3.96. The summed E-state index contributed by atoms with van der Waals surface area (Å²) in [7, 11) is 0. The molecule has 0 unspecified atom stereocenters. The lowest BCUT2D eigenvalue weighted by Crippen LogP contribution is -2.43. The van der Waals surface area contributed by atoms with Crippen LogP contribution in [0.5, 0.6) is 0 Å². The number of nitrogens with one attached hydrogen (secondary N) is 2. The van der Waals surface area contributed by atoms with Crippen LogP contribution in [0.25, 0.3) is 11.1 Å². The molecule has 9 heteroatoms. The van der Waals surface area contributed by atoms with E-state index in [-0.39, 0.29) is 12.5 Å². The molecule has 2 amide bonds. The maximum Gasteiger partial charge on any atom is 0.407 e. The van der Waals surface area contributed by atoms with E-state index < -0.39 is 29.6 Å². The molecule has 0 saturated carbocycles. The van der Waals surface area contributed by atoms with Crippen LogP contribution in [0.15, 0.2) is 60.9 Å². The van der Waals surface area contributed by atoms with Crippen LogP contribution in [0.1, 0.15) is 44.2 Å². The van der Waals surface area contributed by atoms with Gasteiger partial charge in [-0.05, 0) is 42.5 Å². The number of hydrogen-bond acceptors (Lipinski definition) is 5. The number of nitrogens with zero attached hydrogens (tertiary/aromatic N) is 2. The van der Waals surface area contributed by atoms with Gasteiger partial charge in [-0.25, -0.2) is 9.59 Å². The number of aromatic nitrogens is 2. The minimum Gasteiger partial charge on any atom is -0.479 e. The number of alkyl carbamates (subject to hydrolysis) is 1. The summed E-state index contributed by atoms with van der Waals surface area (Å²) in [6, 6.07) is 15.3. The monoisotopic (exact) mass is 476 g/mol. The Morgan fingerprint density at radius 2 is 1.69 bits per heavy atom. The molecule has 0 bridgehead atoms. The summed E-state index contributed by atoms with van der Waals surface area (Å²) in [5, 5.41) is 18.7. The number of carbonyl (C=O) groups is 3. The van der Waals surface area contributed by atoms with Gasteiger partial charge in [-0.15, -0.1) is 0 Å². The van der Waals surface area contributed by atoms with Gasteiger partial charge in [0.2, 0.25) is 5.91 Å². The smallest absolute Gasteiger partial charge is 0.407 e. The van der Waals surface area contributed by atoms with Crippen molar-refractivity contribution in [2.45, 2.75) is 44.7 Å². The van der Waals surface area contributed by atoms with E-state index in [1.165, 1.54) is 30.9 Å². The first kappa shape index (κ1) is 24.0. The zero-order valence-corrected chi connectivity index (χ0v) is 19.8. The summed E-state index contributed by atoms with van der Waals surface area (Å²) in [5.74, 6) is -1.58. The normalized spacial score (nSPS) is 13.5. The molecule has 1 aliphatic carbocycles. The highest BCUT2D eigenvalue weighted by Gasteiger charge is 2.31. The Bertz CT molecular complexity index is 1220. The molecule has 0 radical (unpaired) electrons. The van der Waals surface area contributed by atoms with Gasteiger partial charge in [0.15, 0.2) is 5.54 Å². The molecule has 3 N–H and O–H groups in total. The molecule has 182 valence electrons. The second kappa shape index (κ2) is 9.61. The first-order valence-electron chi connectivity index (χ1n) is 11.4. The summed E-state index contributed by atoms with van der Waals surface area (Å²) < 4.78 is 6.79. The summed E-state index contributed by atoms with van der Waals surface area (Å²) >= 11 is 0. The van der Waals surface area contributed by atoms with Gasteiger partial charge in [-0.3, -0.25) is 9.48 Å². The zero-order chi connectivity index (χ0) is 25.2. The fraction of sp³-hybridized carbons (Fsp3) is 0.308. The number of ether oxygens (including phenoxy) is 1. The van der Waals surface area contributed by atoms with Crippen molar-refractivity contribution in [1.29, 1.82) is 0 Å². The number of aliphatic carboxylic acids is 1. The van der Waals surface area contributed by atoms with E-state index in [0.29, 0.717) is 12.1 Å². The third-order valence-electron chi connectivity index (χ3n) is 6.31. The average Bonchev–Trinajstić information content (AvgIpc) is 3.44. The van der Waals surface area contributed by atoms with Crippen LogP contribution in [0.4, 0.5) is 10.5 Å². The molecule has 0 saturated heterocycles. The number of carboxylic acid groups (broad SMARTS) is 1. The lowest BCUT2D eigenvalue weighted by atomic mass is 9.98. The molecule has 1 atom stereocenters. The van der Waals surface area contributed by atoms with Crippen LogP contribution in [-0.2, 0) is 19.9 Å². The predicted molar refractivity (Wildman–Crippen MR) is 130 cm³/mol. The van der Waals surface area contributed by atoms with Crippen LogP contribution in [-0.4, -0.2) is 45.5 Å². The molecular weight excluding hydrogens is 448 g/mol. The van der Waals surface area contributed by atoms with Crippen molar-refractivity contribution >= 4 is 23.7 Å². The van der Waals surface area contributed by atoms with Gasteiger partial charge in [0, 0.05) is 12.1 Å². The topological polar surface area (TPSA) is 123 Å². The quantitative estimate of drug-likeness (QED) is 0.452. The molecule has 0 fully saturated rings. The molecule has 0 aliphatic heterocycles.